The van der Waals surface area contributed by atoms with Crippen molar-refractivity contribution >= 4 is 51.0 Å². The highest BCUT2D eigenvalue weighted by molar-refractivity contribution is 7.98. The molecule has 0 aliphatic rings. The maximum absolute atomic E-state index is 12.4. The van der Waals surface area contributed by atoms with Crippen molar-refractivity contribution in [3.8, 4) is 0 Å². The van der Waals surface area contributed by atoms with Crippen LogP contribution in [0, 0.1) is 24.0 Å². The van der Waals surface area contributed by atoms with Gasteiger partial charge in [-0.1, -0.05) is 11.3 Å². The summed E-state index contributed by atoms with van der Waals surface area (Å²) in [6, 6.07) is 10.3. The van der Waals surface area contributed by atoms with E-state index < -0.39 is 4.92 Å². The predicted octanol–water partition coefficient (Wildman–Crippen LogP) is 4.73. The highest BCUT2D eigenvalue weighted by Crippen LogP contribution is 2.22. The summed E-state index contributed by atoms with van der Waals surface area (Å²) < 4.78 is 3.21. The summed E-state index contributed by atoms with van der Waals surface area (Å²) in [6.45, 7) is 4.94. The highest BCUT2D eigenvalue weighted by atomic mass is 32.2. The summed E-state index contributed by atoms with van der Waals surface area (Å²) in [4.78, 5) is 27.7. The summed E-state index contributed by atoms with van der Waals surface area (Å²) in [7, 11) is 0. The zero-order chi connectivity index (χ0) is 21.0. The molecule has 0 spiro atoms. The Hall–Kier alpha value is -2.71. The van der Waals surface area contributed by atoms with Crippen molar-refractivity contribution in [2.45, 2.75) is 20.4 Å². The molecule has 0 saturated carbocycles. The third kappa shape index (κ3) is 5.02. The number of thiazole rings is 1. The summed E-state index contributed by atoms with van der Waals surface area (Å²) in [5, 5.41) is 10.7. The molecular formula is C21H21N3O3S2. The zero-order valence-corrected chi connectivity index (χ0v) is 18.0. The molecule has 0 unspecified atom stereocenters. The number of nitro groups is 1. The van der Waals surface area contributed by atoms with Crippen molar-refractivity contribution in [1.82, 2.24) is 4.57 Å². The first kappa shape index (κ1) is 21.0. The van der Waals surface area contributed by atoms with Gasteiger partial charge in [0, 0.05) is 30.5 Å². The van der Waals surface area contributed by atoms with Crippen LogP contribution < -0.4 is 4.80 Å². The Bertz CT molecular complexity index is 1160. The first-order valence-corrected chi connectivity index (χ1v) is 11.2. The predicted molar refractivity (Wildman–Crippen MR) is 120 cm³/mol. The monoisotopic (exact) mass is 427 g/mol. The number of amides is 1. The Labute approximate surface area is 176 Å². The van der Waals surface area contributed by atoms with Crippen molar-refractivity contribution in [2.75, 3.05) is 12.0 Å². The maximum Gasteiger partial charge on any atom is 0.272 e. The Morgan fingerprint density at radius 2 is 1.93 bits per heavy atom. The van der Waals surface area contributed by atoms with Crippen LogP contribution in [0.25, 0.3) is 16.3 Å². The van der Waals surface area contributed by atoms with Gasteiger partial charge in [-0.15, -0.1) is 0 Å². The molecule has 2 aromatic carbocycles. The largest absolute Gasteiger partial charge is 0.315 e. The number of aryl methyl sites for hydroxylation is 3. The lowest BCUT2D eigenvalue weighted by molar-refractivity contribution is -0.384. The molecule has 0 radical (unpaired) electrons. The molecule has 0 aliphatic carbocycles. The van der Waals surface area contributed by atoms with Crippen molar-refractivity contribution in [3.05, 3.63) is 74.1 Å². The zero-order valence-electron chi connectivity index (χ0n) is 16.4. The fraction of sp³-hybridized carbons (Fsp3) is 0.238. The topological polar surface area (TPSA) is 77.5 Å². The number of non-ortho nitro benzene ring substituents is 1. The van der Waals surface area contributed by atoms with Gasteiger partial charge in [-0.25, -0.2) is 0 Å². The van der Waals surface area contributed by atoms with Gasteiger partial charge < -0.3 is 4.57 Å². The number of carbonyl (C=O) groups excluding carboxylic acids is 1. The molecule has 6 nitrogen and oxygen atoms in total. The number of aromatic nitrogens is 1. The quantitative estimate of drug-likeness (QED) is 0.324. The van der Waals surface area contributed by atoms with Crippen LogP contribution in [-0.2, 0) is 11.3 Å². The third-order valence-corrected chi connectivity index (χ3v) is 6.18. The molecule has 0 bridgehead atoms. The minimum atomic E-state index is -0.452. The van der Waals surface area contributed by atoms with Crippen LogP contribution in [0.15, 0.2) is 47.5 Å². The number of benzene rings is 2. The maximum atomic E-state index is 12.4. The van der Waals surface area contributed by atoms with Gasteiger partial charge in [0.15, 0.2) is 4.80 Å². The Balaban J connectivity index is 1.93. The molecule has 1 aromatic heterocycles. The minimum Gasteiger partial charge on any atom is -0.315 e. The Kier molecular flexibility index (Phi) is 6.66. The Morgan fingerprint density at radius 3 is 2.59 bits per heavy atom. The fourth-order valence-corrected chi connectivity index (χ4v) is 4.32. The van der Waals surface area contributed by atoms with Crippen LogP contribution in [0.4, 0.5) is 5.69 Å². The lowest BCUT2D eigenvalue weighted by Crippen LogP contribution is -2.17. The van der Waals surface area contributed by atoms with Crippen LogP contribution >= 0.6 is 23.1 Å². The molecule has 3 rings (SSSR count). The van der Waals surface area contributed by atoms with E-state index in [1.165, 1.54) is 40.7 Å². The molecule has 8 heteroatoms. The van der Waals surface area contributed by atoms with E-state index in [0.29, 0.717) is 10.4 Å². The first-order chi connectivity index (χ1) is 13.9. The number of hydrogen-bond donors (Lipinski definition) is 0. The molecule has 29 heavy (non-hydrogen) atoms. The van der Waals surface area contributed by atoms with Crippen molar-refractivity contribution in [2.24, 2.45) is 4.99 Å². The summed E-state index contributed by atoms with van der Waals surface area (Å²) >= 11 is 3.26. The van der Waals surface area contributed by atoms with Crippen molar-refractivity contribution in [3.63, 3.8) is 0 Å². The van der Waals surface area contributed by atoms with Crippen LogP contribution in [0.3, 0.4) is 0 Å². The molecular weight excluding hydrogens is 406 g/mol. The number of rotatable bonds is 6. The smallest absolute Gasteiger partial charge is 0.272 e. The van der Waals surface area contributed by atoms with Crippen LogP contribution in [0.1, 0.15) is 16.7 Å². The molecule has 1 amide bonds. The number of fused-ring (bicyclic) bond motifs is 1. The Morgan fingerprint density at radius 1 is 1.24 bits per heavy atom. The molecule has 150 valence electrons. The van der Waals surface area contributed by atoms with Gasteiger partial charge in [-0.2, -0.15) is 16.8 Å². The second-order valence-corrected chi connectivity index (χ2v) is 8.56. The van der Waals surface area contributed by atoms with E-state index in [-0.39, 0.29) is 11.6 Å². The molecule has 0 atom stereocenters. The summed E-state index contributed by atoms with van der Waals surface area (Å²) in [6.07, 6.45) is 5.06. The second kappa shape index (κ2) is 9.19. The molecule has 0 fully saturated rings. The SMILES string of the molecule is CSCCn1c(=NC(=O)/C=C/c2ccc([N+](=O)[O-])cc2)sc2cc(C)c(C)cc21. The van der Waals surface area contributed by atoms with Gasteiger partial charge in [-0.3, -0.25) is 14.9 Å². The van der Waals surface area contributed by atoms with E-state index in [4.69, 9.17) is 0 Å². The van der Waals surface area contributed by atoms with Gasteiger partial charge in [0.2, 0.25) is 0 Å². The first-order valence-electron chi connectivity index (χ1n) is 9.00. The van der Waals surface area contributed by atoms with Crippen LogP contribution in [0.5, 0.6) is 0 Å². The van der Waals surface area contributed by atoms with Gasteiger partial charge in [-0.05, 0) is 67.1 Å². The third-order valence-electron chi connectivity index (χ3n) is 4.55. The number of hydrogen-bond acceptors (Lipinski definition) is 5. The number of nitrogens with zero attached hydrogens (tertiary/aromatic N) is 3. The molecule has 0 aliphatic heterocycles. The molecule has 0 N–H and O–H groups in total. The van der Waals surface area contributed by atoms with E-state index in [0.717, 1.165) is 22.5 Å². The van der Waals surface area contributed by atoms with Crippen LogP contribution in [0.2, 0.25) is 0 Å². The van der Waals surface area contributed by atoms with E-state index in [9.17, 15) is 14.9 Å². The lowest BCUT2D eigenvalue weighted by atomic mass is 10.1. The van der Waals surface area contributed by atoms with E-state index in [2.05, 4.69) is 41.8 Å². The van der Waals surface area contributed by atoms with E-state index >= 15 is 0 Å². The molecule has 3 aromatic rings. The second-order valence-electron chi connectivity index (χ2n) is 6.57. The molecule has 0 saturated heterocycles. The number of carbonyl (C=O) groups is 1. The number of nitro benzene ring substituents is 1. The van der Waals surface area contributed by atoms with Gasteiger partial charge in [0.05, 0.1) is 15.1 Å². The van der Waals surface area contributed by atoms with Gasteiger partial charge >= 0.3 is 0 Å². The fourth-order valence-electron chi connectivity index (χ4n) is 2.81. The average Bonchev–Trinajstić information content (AvgIpc) is 3.01. The standard InChI is InChI=1S/C21H21N3O3S2/c1-14-12-18-19(13-15(14)2)29-21(23(18)10-11-28-3)22-20(25)9-6-16-4-7-17(8-5-16)24(26)27/h4-9,12-13H,10-11H2,1-3H3/b9-6+,22-21?. The number of thioether (sulfide) groups is 1. The van der Waals surface area contributed by atoms with Crippen molar-refractivity contribution in [1.29, 1.82) is 0 Å². The average molecular weight is 428 g/mol. The molecule has 1 heterocycles. The summed E-state index contributed by atoms with van der Waals surface area (Å²) in [5.41, 5.74) is 4.25. The lowest BCUT2D eigenvalue weighted by Gasteiger charge is -2.05. The summed E-state index contributed by atoms with van der Waals surface area (Å²) in [5.74, 6) is 0.569. The van der Waals surface area contributed by atoms with Crippen LogP contribution in [-0.4, -0.2) is 27.4 Å². The highest BCUT2D eigenvalue weighted by Gasteiger charge is 2.09. The normalized spacial score (nSPS) is 12.2. The minimum absolute atomic E-state index is 0.0175. The van der Waals surface area contributed by atoms with E-state index in [1.54, 1.807) is 30.0 Å². The van der Waals surface area contributed by atoms with Crippen molar-refractivity contribution < 1.29 is 9.72 Å². The van der Waals surface area contributed by atoms with Gasteiger partial charge in [0.25, 0.3) is 11.6 Å². The van der Waals surface area contributed by atoms with Gasteiger partial charge in [0.1, 0.15) is 0 Å². The van der Waals surface area contributed by atoms with E-state index in [1.807, 2.05) is 0 Å².